The van der Waals surface area contributed by atoms with Gasteiger partial charge < -0.3 is 0 Å². The van der Waals surface area contributed by atoms with Crippen LogP contribution in [0.25, 0.3) is 0 Å². The summed E-state index contributed by atoms with van der Waals surface area (Å²) in [7, 11) is 0. The third kappa shape index (κ3) is 10.5. The summed E-state index contributed by atoms with van der Waals surface area (Å²) >= 11 is 0. The molecule has 3 saturated carbocycles. The summed E-state index contributed by atoms with van der Waals surface area (Å²) in [6.07, 6.45) is 16.0. The molecule has 0 spiro atoms. The van der Waals surface area contributed by atoms with E-state index in [4.69, 9.17) is 0 Å². The molecule has 0 atom stereocenters. The maximum Gasteiger partial charge on any atom is 0 e. The van der Waals surface area contributed by atoms with Gasteiger partial charge in [0.05, 0.1) is 0 Å². The van der Waals surface area contributed by atoms with E-state index in [-0.39, 0.29) is 80.8 Å². The second-order valence-corrected chi connectivity index (χ2v) is 7.79. The van der Waals surface area contributed by atoms with E-state index in [0.717, 1.165) is 0 Å². The fourth-order valence-electron chi connectivity index (χ4n) is 3.33. The van der Waals surface area contributed by atoms with Gasteiger partial charge in [-0.05, 0) is 111 Å². The van der Waals surface area contributed by atoms with Crippen LogP contribution in [0.5, 0.6) is 0 Å². The fraction of sp³-hybridized carbons (Fsp3) is 0.357. The summed E-state index contributed by atoms with van der Waals surface area (Å²) in [6, 6.07) is 0. The van der Waals surface area contributed by atoms with E-state index < -0.39 is 0 Å². The smallest absolute Gasteiger partial charge is 0 e. The molecule has 2 heteroatoms. The van der Waals surface area contributed by atoms with Gasteiger partial charge in [0.1, 0.15) is 0 Å². The number of rotatable bonds is 0. The van der Waals surface area contributed by atoms with E-state index >= 15 is 0 Å². The van der Waals surface area contributed by atoms with E-state index in [2.05, 4.69) is 69.2 Å². The number of hydrogen-bond acceptors (Lipinski definition) is 0. The standard InChI is InChI=1S/2C10H15.C8H8.2Sm/c2*1-6-7(2)9(4)10(5)8(6)3;1-2-4-6-8-7-5-3-1;;/h2*1-5H3;1-8H;;. The minimum Gasteiger partial charge on any atom is -0.0579 e. The summed E-state index contributed by atoms with van der Waals surface area (Å²) in [4.78, 5) is 0. The van der Waals surface area contributed by atoms with E-state index in [1.54, 1.807) is 0 Å². The molecule has 3 aliphatic rings. The van der Waals surface area contributed by atoms with Gasteiger partial charge in [-0.15, -0.1) is 0 Å². The van der Waals surface area contributed by atoms with Crippen LogP contribution < -0.4 is 0 Å². The van der Waals surface area contributed by atoms with Gasteiger partial charge in [-0.1, -0.05) is 69.2 Å². The van der Waals surface area contributed by atoms with Crippen molar-refractivity contribution in [1.29, 1.82) is 0 Å². The molecule has 0 aromatic heterocycles. The molecule has 0 aliphatic heterocycles. The van der Waals surface area contributed by atoms with Gasteiger partial charge in [-0.25, -0.2) is 0 Å². The molecule has 0 nitrogen and oxygen atoms in total. The van der Waals surface area contributed by atoms with Gasteiger partial charge in [0, 0.05) is 80.8 Å². The van der Waals surface area contributed by atoms with Crippen molar-refractivity contribution in [3.63, 3.8) is 0 Å². The Morgan fingerprint density at radius 2 is 0.300 bits per heavy atom. The SMILES string of the molecule is C[C]1[C](C)[C](C)[C](C)[C]1C.C[C]1[C](C)[C](C)[C](C)[C]1C.[CH]1[CH][CH][CH][CH][CH][CH][CH]1.[Sm].[Sm]. The summed E-state index contributed by atoms with van der Waals surface area (Å²) in [5, 5.41) is 0. The van der Waals surface area contributed by atoms with Crippen molar-refractivity contribution in [3.8, 4) is 0 Å². The average molecular weight is 675 g/mol. The molecule has 0 bridgehead atoms. The van der Waals surface area contributed by atoms with Crippen molar-refractivity contribution < 1.29 is 80.8 Å². The Morgan fingerprint density at radius 3 is 0.367 bits per heavy atom. The molecule has 0 saturated heterocycles. The minimum absolute atomic E-state index is 0. The van der Waals surface area contributed by atoms with Crippen LogP contribution in [0.2, 0.25) is 0 Å². The summed E-state index contributed by atoms with van der Waals surface area (Å²) < 4.78 is 0. The van der Waals surface area contributed by atoms with Crippen molar-refractivity contribution in [2.24, 2.45) is 0 Å². The van der Waals surface area contributed by atoms with Crippen molar-refractivity contribution in [2.45, 2.75) is 69.2 Å². The molecule has 3 fully saturated rings. The van der Waals surface area contributed by atoms with Crippen LogP contribution in [0.4, 0.5) is 0 Å². The van der Waals surface area contributed by atoms with E-state index in [9.17, 15) is 0 Å². The van der Waals surface area contributed by atoms with E-state index in [1.807, 2.05) is 51.4 Å². The Kier molecular flexibility index (Phi) is 20.9. The number of hydrogen-bond donors (Lipinski definition) is 0. The van der Waals surface area contributed by atoms with Gasteiger partial charge in [0.2, 0.25) is 0 Å². The molecule has 3 aliphatic carbocycles. The molecular formula is C28H38Sm2. The monoisotopic (exact) mass is 678 g/mol. The predicted molar refractivity (Wildman–Crippen MR) is 124 cm³/mol. The molecule has 0 aromatic rings. The molecule has 0 aromatic carbocycles. The predicted octanol–water partition coefficient (Wildman–Crippen LogP) is 7.58. The fourth-order valence-corrected chi connectivity index (χ4v) is 3.33. The topological polar surface area (TPSA) is 0 Å². The first-order valence-corrected chi connectivity index (χ1v) is 10.2. The van der Waals surface area contributed by atoms with Gasteiger partial charge in [-0.3, -0.25) is 0 Å². The second kappa shape index (κ2) is 18.0. The third-order valence-corrected chi connectivity index (χ3v) is 6.51. The Hall–Kier alpha value is 2.68. The van der Waals surface area contributed by atoms with Gasteiger partial charge >= 0.3 is 0 Å². The Bertz CT molecular complexity index is 266. The van der Waals surface area contributed by atoms with Crippen LogP contribution >= 0.6 is 0 Å². The van der Waals surface area contributed by atoms with Crippen molar-refractivity contribution >= 4 is 0 Å². The van der Waals surface area contributed by atoms with Crippen LogP contribution in [-0.2, 0) is 0 Å². The van der Waals surface area contributed by atoms with Crippen molar-refractivity contribution in [1.82, 2.24) is 0 Å². The molecule has 0 N–H and O–H groups in total. The molecule has 18 radical (unpaired) electrons. The quantitative estimate of drug-likeness (QED) is 0.249. The third-order valence-electron chi connectivity index (χ3n) is 6.51. The average Bonchev–Trinajstić information content (AvgIpc) is 2.93. The largest absolute Gasteiger partial charge is 0.0579 e. The van der Waals surface area contributed by atoms with Crippen LogP contribution in [0.15, 0.2) is 0 Å². The maximum absolute atomic E-state index is 2.20. The van der Waals surface area contributed by atoms with Gasteiger partial charge in [0.15, 0.2) is 0 Å². The van der Waals surface area contributed by atoms with Gasteiger partial charge in [0.25, 0.3) is 0 Å². The maximum atomic E-state index is 2.20. The Balaban J connectivity index is 0. The molecule has 162 valence electrons. The molecular weight excluding hydrogens is 637 g/mol. The Labute approximate surface area is 257 Å². The Morgan fingerprint density at radius 1 is 0.233 bits per heavy atom. The first-order valence-electron chi connectivity index (χ1n) is 10.2. The first kappa shape index (κ1) is 34.8. The normalized spacial score (nSPS) is 25.4. The molecule has 30 heavy (non-hydrogen) atoms. The van der Waals surface area contributed by atoms with Crippen LogP contribution in [-0.4, -0.2) is 0 Å². The van der Waals surface area contributed by atoms with Crippen LogP contribution in [0.3, 0.4) is 0 Å². The molecule has 0 unspecified atom stereocenters. The minimum atomic E-state index is 0. The molecule has 0 heterocycles. The first-order chi connectivity index (χ1) is 13.1. The second-order valence-electron chi connectivity index (χ2n) is 7.79. The van der Waals surface area contributed by atoms with Gasteiger partial charge in [-0.2, -0.15) is 0 Å². The summed E-state index contributed by atoms with van der Waals surface area (Å²) in [5.41, 5.74) is 0. The van der Waals surface area contributed by atoms with Crippen molar-refractivity contribution in [2.75, 3.05) is 0 Å². The summed E-state index contributed by atoms with van der Waals surface area (Å²) in [6.45, 7) is 22.0. The van der Waals surface area contributed by atoms with E-state index in [0.29, 0.717) is 0 Å². The summed E-state index contributed by atoms with van der Waals surface area (Å²) in [5.74, 6) is 14.7. The zero-order valence-corrected chi connectivity index (χ0v) is 25.7. The van der Waals surface area contributed by atoms with Crippen molar-refractivity contribution in [3.05, 3.63) is 111 Å². The zero-order chi connectivity index (χ0) is 21.4. The zero-order valence-electron chi connectivity index (χ0n) is 20.4. The molecule has 3 rings (SSSR count). The molecule has 0 amide bonds. The van der Waals surface area contributed by atoms with E-state index in [1.165, 1.54) is 59.2 Å². The van der Waals surface area contributed by atoms with Crippen LogP contribution in [0, 0.1) is 191 Å². The van der Waals surface area contributed by atoms with Crippen LogP contribution in [0.1, 0.15) is 69.2 Å².